The summed E-state index contributed by atoms with van der Waals surface area (Å²) in [6.07, 6.45) is 13.5. The molecule has 1 N–H and O–H groups in total. The Morgan fingerprint density at radius 2 is 2.14 bits per heavy atom. The van der Waals surface area contributed by atoms with Crippen molar-refractivity contribution in [2.45, 2.75) is 6.42 Å². The highest BCUT2D eigenvalue weighted by atomic mass is 16.4. The van der Waals surface area contributed by atoms with Gasteiger partial charge >= 0.3 is 5.97 Å². The third kappa shape index (κ3) is 1.78. The Morgan fingerprint density at radius 3 is 3.00 bits per heavy atom. The standard InChI is InChI=1S/C18H13NO2/c20-18(21)14-8-7-13-10-17-15-6-2-1-4-12(15)5-3-9-19(17)16(13)11-14/h1,3-11H,2H2,(H,20,21). The van der Waals surface area contributed by atoms with Crippen LogP contribution in [0, 0.1) is 0 Å². The summed E-state index contributed by atoms with van der Waals surface area (Å²) in [7, 11) is 0. The molecule has 1 aliphatic carbocycles. The SMILES string of the molecule is O=C(O)c1ccc2cc3n(c2c1)C=CC=C1C=CCC=C13. The van der Waals surface area contributed by atoms with Crippen molar-refractivity contribution < 1.29 is 9.90 Å². The number of carboxylic acids is 1. The number of aromatic carboxylic acids is 1. The van der Waals surface area contributed by atoms with Gasteiger partial charge in [0.15, 0.2) is 0 Å². The van der Waals surface area contributed by atoms with Crippen molar-refractivity contribution in [3.8, 4) is 0 Å². The zero-order valence-corrected chi connectivity index (χ0v) is 11.3. The van der Waals surface area contributed by atoms with Crippen LogP contribution in [0.1, 0.15) is 22.5 Å². The lowest BCUT2D eigenvalue weighted by Crippen LogP contribution is -1.98. The van der Waals surface area contributed by atoms with Gasteiger partial charge in [0.1, 0.15) is 0 Å². The number of carbonyl (C=O) groups is 1. The van der Waals surface area contributed by atoms with Crippen molar-refractivity contribution in [3.63, 3.8) is 0 Å². The van der Waals surface area contributed by atoms with Gasteiger partial charge in [-0.25, -0.2) is 4.79 Å². The lowest BCUT2D eigenvalue weighted by atomic mass is 9.97. The van der Waals surface area contributed by atoms with E-state index < -0.39 is 5.97 Å². The van der Waals surface area contributed by atoms with E-state index in [0.717, 1.165) is 23.0 Å². The van der Waals surface area contributed by atoms with E-state index in [1.807, 2.05) is 18.3 Å². The van der Waals surface area contributed by atoms with E-state index >= 15 is 0 Å². The van der Waals surface area contributed by atoms with Crippen molar-refractivity contribution >= 4 is 28.6 Å². The van der Waals surface area contributed by atoms with Crippen LogP contribution >= 0.6 is 0 Å². The van der Waals surface area contributed by atoms with E-state index in [0.29, 0.717) is 5.56 Å². The van der Waals surface area contributed by atoms with Gasteiger partial charge in [0.25, 0.3) is 0 Å². The predicted molar refractivity (Wildman–Crippen MR) is 84.0 cm³/mol. The van der Waals surface area contributed by atoms with Crippen LogP contribution in [0.15, 0.2) is 60.2 Å². The molecule has 1 aromatic heterocycles. The van der Waals surface area contributed by atoms with Crippen LogP contribution in [-0.4, -0.2) is 15.6 Å². The van der Waals surface area contributed by atoms with Crippen LogP contribution in [0.2, 0.25) is 0 Å². The number of aromatic nitrogens is 1. The quantitative estimate of drug-likeness (QED) is 0.851. The molecule has 0 saturated heterocycles. The minimum atomic E-state index is -0.899. The molecule has 0 amide bonds. The molecule has 0 radical (unpaired) electrons. The molecule has 0 saturated carbocycles. The van der Waals surface area contributed by atoms with Crippen molar-refractivity contribution in [1.29, 1.82) is 0 Å². The smallest absolute Gasteiger partial charge is 0.335 e. The van der Waals surface area contributed by atoms with Gasteiger partial charge in [-0.1, -0.05) is 30.4 Å². The highest BCUT2D eigenvalue weighted by Crippen LogP contribution is 2.34. The van der Waals surface area contributed by atoms with E-state index in [9.17, 15) is 9.90 Å². The summed E-state index contributed by atoms with van der Waals surface area (Å²) in [5.74, 6) is -0.899. The Hall–Kier alpha value is -2.81. The van der Waals surface area contributed by atoms with Crippen molar-refractivity contribution in [3.05, 3.63) is 71.5 Å². The lowest BCUT2D eigenvalue weighted by Gasteiger charge is -2.12. The number of allylic oxidation sites excluding steroid dienone is 7. The second kappa shape index (κ2) is 4.35. The molecular formula is C18H13NO2. The molecule has 3 nitrogen and oxygen atoms in total. The molecule has 2 heterocycles. The number of benzene rings is 1. The van der Waals surface area contributed by atoms with Crippen LogP contribution in [0.3, 0.4) is 0 Å². The van der Waals surface area contributed by atoms with Gasteiger partial charge < -0.3 is 9.67 Å². The molecule has 0 atom stereocenters. The number of fused-ring (bicyclic) bond motifs is 5. The second-order valence-corrected chi connectivity index (χ2v) is 5.20. The summed E-state index contributed by atoms with van der Waals surface area (Å²) in [5, 5.41) is 10.2. The average Bonchev–Trinajstić information content (AvgIpc) is 2.75. The topological polar surface area (TPSA) is 42.2 Å². The van der Waals surface area contributed by atoms with E-state index in [2.05, 4.69) is 34.9 Å². The zero-order valence-electron chi connectivity index (χ0n) is 11.3. The van der Waals surface area contributed by atoms with Crippen molar-refractivity contribution in [1.82, 2.24) is 4.57 Å². The minimum Gasteiger partial charge on any atom is -0.478 e. The van der Waals surface area contributed by atoms with Gasteiger partial charge in [0, 0.05) is 17.2 Å². The van der Waals surface area contributed by atoms with Crippen LogP contribution < -0.4 is 0 Å². The van der Waals surface area contributed by atoms with Crippen LogP contribution in [0.5, 0.6) is 0 Å². The third-order valence-corrected chi connectivity index (χ3v) is 3.94. The number of hydrogen-bond acceptors (Lipinski definition) is 1. The molecule has 102 valence electrons. The third-order valence-electron chi connectivity index (χ3n) is 3.94. The largest absolute Gasteiger partial charge is 0.478 e. The van der Waals surface area contributed by atoms with E-state index in [1.165, 1.54) is 11.1 Å². The Labute approximate surface area is 121 Å². The first-order valence-electron chi connectivity index (χ1n) is 6.88. The minimum absolute atomic E-state index is 0.312. The number of carboxylic acid groups (broad SMARTS) is 1. The fourth-order valence-electron chi connectivity index (χ4n) is 2.94. The molecule has 1 aliphatic heterocycles. The Morgan fingerprint density at radius 1 is 1.24 bits per heavy atom. The van der Waals surface area contributed by atoms with Gasteiger partial charge in [-0.05, 0) is 36.3 Å². The monoisotopic (exact) mass is 275 g/mol. The fourth-order valence-corrected chi connectivity index (χ4v) is 2.94. The molecule has 0 fully saturated rings. The molecule has 4 rings (SSSR count). The average molecular weight is 275 g/mol. The van der Waals surface area contributed by atoms with Crippen LogP contribution in [-0.2, 0) is 0 Å². The van der Waals surface area contributed by atoms with E-state index in [1.54, 1.807) is 12.1 Å². The van der Waals surface area contributed by atoms with Gasteiger partial charge in [-0.2, -0.15) is 0 Å². The summed E-state index contributed by atoms with van der Waals surface area (Å²) in [5.41, 5.74) is 4.74. The van der Waals surface area contributed by atoms with Gasteiger partial charge in [0.2, 0.25) is 0 Å². The number of hydrogen-bond donors (Lipinski definition) is 1. The molecule has 21 heavy (non-hydrogen) atoms. The Kier molecular flexibility index (Phi) is 2.48. The maximum Gasteiger partial charge on any atom is 0.335 e. The molecule has 0 bridgehead atoms. The second-order valence-electron chi connectivity index (χ2n) is 5.20. The molecule has 2 aromatic rings. The number of rotatable bonds is 1. The summed E-state index contributed by atoms with van der Waals surface area (Å²) in [6.45, 7) is 0. The normalized spacial score (nSPS) is 16.0. The summed E-state index contributed by atoms with van der Waals surface area (Å²) >= 11 is 0. The molecular weight excluding hydrogens is 262 g/mol. The molecule has 0 unspecified atom stereocenters. The maximum absolute atomic E-state index is 11.2. The van der Waals surface area contributed by atoms with Gasteiger partial charge in [0.05, 0.1) is 16.8 Å². The lowest BCUT2D eigenvalue weighted by molar-refractivity contribution is 0.0697. The summed E-state index contributed by atoms with van der Waals surface area (Å²) < 4.78 is 2.07. The molecule has 1 aromatic carbocycles. The predicted octanol–water partition coefficient (Wildman–Crippen LogP) is 4.09. The van der Waals surface area contributed by atoms with Crippen molar-refractivity contribution in [2.75, 3.05) is 0 Å². The molecule has 2 aliphatic rings. The molecule has 0 spiro atoms. The first-order valence-corrected chi connectivity index (χ1v) is 6.88. The first-order chi connectivity index (χ1) is 10.2. The molecule has 3 heteroatoms. The maximum atomic E-state index is 11.2. The van der Waals surface area contributed by atoms with Gasteiger partial charge in [-0.15, -0.1) is 0 Å². The van der Waals surface area contributed by atoms with E-state index in [4.69, 9.17) is 0 Å². The fraction of sp³-hybridized carbons (Fsp3) is 0.0556. The Bertz CT molecular complexity index is 891. The highest BCUT2D eigenvalue weighted by Gasteiger charge is 2.17. The van der Waals surface area contributed by atoms with Gasteiger partial charge in [-0.3, -0.25) is 0 Å². The number of nitrogens with zero attached hydrogens (tertiary/aromatic N) is 1. The van der Waals surface area contributed by atoms with Crippen LogP contribution in [0.25, 0.3) is 22.7 Å². The van der Waals surface area contributed by atoms with E-state index in [-0.39, 0.29) is 0 Å². The van der Waals surface area contributed by atoms with Crippen LogP contribution in [0.4, 0.5) is 0 Å². The first kappa shape index (κ1) is 12.0. The highest BCUT2D eigenvalue weighted by molar-refractivity contribution is 5.97. The Balaban J connectivity index is 2.00. The zero-order chi connectivity index (χ0) is 14.4. The summed E-state index contributed by atoms with van der Waals surface area (Å²) in [4.78, 5) is 11.2. The van der Waals surface area contributed by atoms with Crippen molar-refractivity contribution in [2.24, 2.45) is 0 Å². The summed E-state index contributed by atoms with van der Waals surface area (Å²) in [6, 6.07) is 7.38.